The largest absolute Gasteiger partial charge is 0.326 e. The number of benzene rings is 1. The Labute approximate surface area is 101 Å². The molecule has 0 aliphatic rings. The van der Waals surface area contributed by atoms with Crippen LogP contribution in [0.4, 0.5) is 5.69 Å². The summed E-state index contributed by atoms with van der Waals surface area (Å²) in [6.07, 6.45) is 0. The molecule has 17 heavy (non-hydrogen) atoms. The standard InChI is InChI=1S/C8H6ClN3O4S/c9-17(15,16)8-2-7(12(13)14)5(3-10)1-6(8)4-11/h1-2H,3,10H2. The minimum atomic E-state index is -4.22. The quantitative estimate of drug-likeness (QED) is 0.495. The summed E-state index contributed by atoms with van der Waals surface area (Å²) in [4.78, 5) is 9.31. The summed E-state index contributed by atoms with van der Waals surface area (Å²) in [5.74, 6) is 0. The average Bonchev–Trinajstić information content (AvgIpc) is 2.25. The Morgan fingerprint density at radius 2 is 2.12 bits per heavy atom. The lowest BCUT2D eigenvalue weighted by molar-refractivity contribution is -0.385. The molecule has 0 aliphatic heterocycles. The lowest BCUT2D eigenvalue weighted by atomic mass is 10.1. The number of halogens is 1. The van der Waals surface area contributed by atoms with Crippen LogP contribution in [0.3, 0.4) is 0 Å². The lowest BCUT2D eigenvalue weighted by Gasteiger charge is -2.04. The molecule has 0 bridgehead atoms. The van der Waals surface area contributed by atoms with E-state index in [1.807, 2.05) is 0 Å². The maximum absolute atomic E-state index is 11.1. The Morgan fingerprint density at radius 1 is 1.53 bits per heavy atom. The van der Waals surface area contributed by atoms with Crippen LogP contribution in [0.5, 0.6) is 0 Å². The third-order valence-corrected chi connectivity index (χ3v) is 3.34. The number of nitro benzene ring substituents is 1. The van der Waals surface area contributed by atoms with Crippen molar-refractivity contribution < 1.29 is 13.3 Å². The van der Waals surface area contributed by atoms with Gasteiger partial charge in [-0.25, -0.2) is 8.42 Å². The first-order chi connectivity index (χ1) is 7.81. The van der Waals surface area contributed by atoms with Crippen LogP contribution >= 0.6 is 10.7 Å². The van der Waals surface area contributed by atoms with Crippen molar-refractivity contribution in [3.63, 3.8) is 0 Å². The Balaban J connectivity index is 3.70. The molecule has 0 saturated heterocycles. The topological polar surface area (TPSA) is 127 Å². The number of nitrogens with zero attached hydrogens (tertiary/aromatic N) is 2. The average molecular weight is 276 g/mol. The molecule has 0 atom stereocenters. The van der Waals surface area contributed by atoms with E-state index in [1.165, 1.54) is 0 Å². The molecule has 0 saturated carbocycles. The fraction of sp³-hybridized carbons (Fsp3) is 0.125. The zero-order valence-corrected chi connectivity index (χ0v) is 9.83. The van der Waals surface area contributed by atoms with E-state index in [9.17, 15) is 18.5 Å². The molecule has 9 heteroatoms. The summed E-state index contributed by atoms with van der Waals surface area (Å²) in [6, 6.07) is 3.39. The summed E-state index contributed by atoms with van der Waals surface area (Å²) >= 11 is 0. The van der Waals surface area contributed by atoms with Crippen molar-refractivity contribution in [1.29, 1.82) is 5.26 Å². The van der Waals surface area contributed by atoms with Gasteiger partial charge in [-0.05, 0) is 6.07 Å². The van der Waals surface area contributed by atoms with Crippen LogP contribution in [0.25, 0.3) is 0 Å². The van der Waals surface area contributed by atoms with Gasteiger partial charge in [0.25, 0.3) is 14.7 Å². The van der Waals surface area contributed by atoms with Gasteiger partial charge in [0, 0.05) is 28.9 Å². The molecule has 1 aromatic carbocycles. The molecule has 1 rings (SSSR count). The SMILES string of the molecule is N#Cc1cc(CN)c([N+](=O)[O-])cc1S(=O)(=O)Cl. The fourth-order valence-corrected chi connectivity index (χ4v) is 2.24. The molecule has 0 fully saturated rings. The van der Waals surface area contributed by atoms with E-state index in [1.54, 1.807) is 6.07 Å². The van der Waals surface area contributed by atoms with Crippen LogP contribution < -0.4 is 5.73 Å². The highest BCUT2D eigenvalue weighted by atomic mass is 35.7. The number of hydrogen-bond donors (Lipinski definition) is 1. The first-order valence-electron chi connectivity index (χ1n) is 4.17. The Hall–Kier alpha value is -1.69. The van der Waals surface area contributed by atoms with Crippen LogP contribution in [0.1, 0.15) is 11.1 Å². The van der Waals surface area contributed by atoms with Gasteiger partial charge in [0.15, 0.2) is 0 Å². The van der Waals surface area contributed by atoms with Crippen molar-refractivity contribution in [2.75, 3.05) is 0 Å². The number of hydrogen-bond acceptors (Lipinski definition) is 6. The van der Waals surface area contributed by atoms with E-state index in [0.717, 1.165) is 12.1 Å². The van der Waals surface area contributed by atoms with Crippen molar-refractivity contribution in [1.82, 2.24) is 0 Å². The minimum Gasteiger partial charge on any atom is -0.326 e. The highest BCUT2D eigenvalue weighted by Gasteiger charge is 2.23. The van der Waals surface area contributed by atoms with Crippen molar-refractivity contribution in [2.45, 2.75) is 11.4 Å². The second-order valence-corrected chi connectivity index (χ2v) is 5.52. The fourth-order valence-electron chi connectivity index (χ4n) is 1.24. The van der Waals surface area contributed by atoms with Gasteiger partial charge in [-0.15, -0.1) is 0 Å². The van der Waals surface area contributed by atoms with Crippen molar-refractivity contribution in [3.05, 3.63) is 33.4 Å². The molecule has 0 amide bonds. The van der Waals surface area contributed by atoms with Crippen LogP contribution in [-0.2, 0) is 15.6 Å². The summed E-state index contributed by atoms with van der Waals surface area (Å²) in [7, 11) is 0.860. The molecule has 0 aliphatic carbocycles. The number of rotatable bonds is 3. The summed E-state index contributed by atoms with van der Waals surface area (Å²) in [6.45, 7) is -0.187. The van der Waals surface area contributed by atoms with E-state index < -0.39 is 24.6 Å². The molecular formula is C8H6ClN3O4S. The van der Waals surface area contributed by atoms with E-state index in [2.05, 4.69) is 0 Å². The molecule has 0 aromatic heterocycles. The lowest BCUT2D eigenvalue weighted by Crippen LogP contribution is -2.05. The van der Waals surface area contributed by atoms with Gasteiger partial charge in [-0.2, -0.15) is 5.26 Å². The van der Waals surface area contributed by atoms with E-state index in [-0.39, 0.29) is 17.7 Å². The Kier molecular flexibility index (Phi) is 3.67. The van der Waals surface area contributed by atoms with Crippen molar-refractivity contribution in [2.24, 2.45) is 5.73 Å². The second kappa shape index (κ2) is 4.67. The zero-order valence-electron chi connectivity index (χ0n) is 8.25. The van der Waals surface area contributed by atoms with Crippen LogP contribution in [0.15, 0.2) is 17.0 Å². The summed E-state index contributed by atoms with van der Waals surface area (Å²) < 4.78 is 22.3. The van der Waals surface area contributed by atoms with Crippen LogP contribution in [-0.4, -0.2) is 13.3 Å². The summed E-state index contributed by atoms with van der Waals surface area (Å²) in [5, 5.41) is 19.4. The molecule has 0 unspecified atom stereocenters. The van der Waals surface area contributed by atoms with Gasteiger partial charge in [-0.3, -0.25) is 10.1 Å². The number of nitrogens with two attached hydrogens (primary N) is 1. The monoisotopic (exact) mass is 275 g/mol. The maximum atomic E-state index is 11.1. The molecule has 0 heterocycles. The zero-order chi connectivity index (χ0) is 13.2. The predicted octanol–water partition coefficient (Wildman–Crippen LogP) is 0.853. The second-order valence-electron chi connectivity index (χ2n) is 2.99. The predicted molar refractivity (Wildman–Crippen MR) is 58.7 cm³/mol. The molecule has 0 spiro atoms. The summed E-state index contributed by atoms with van der Waals surface area (Å²) in [5.41, 5.74) is 4.59. The smallest absolute Gasteiger partial charge is 0.275 e. The number of nitriles is 1. The number of nitro groups is 1. The first-order valence-corrected chi connectivity index (χ1v) is 6.48. The molecule has 2 N–H and O–H groups in total. The molecule has 90 valence electrons. The molecule has 7 nitrogen and oxygen atoms in total. The molecule has 1 aromatic rings. The third-order valence-electron chi connectivity index (χ3n) is 1.98. The van der Waals surface area contributed by atoms with Gasteiger partial charge < -0.3 is 5.73 Å². The molecule has 0 radical (unpaired) electrons. The Bertz CT molecular complexity index is 620. The van der Waals surface area contributed by atoms with E-state index in [0.29, 0.717) is 0 Å². The van der Waals surface area contributed by atoms with Gasteiger partial charge >= 0.3 is 0 Å². The van der Waals surface area contributed by atoms with E-state index in [4.69, 9.17) is 21.7 Å². The molecular weight excluding hydrogens is 270 g/mol. The third kappa shape index (κ3) is 2.71. The van der Waals surface area contributed by atoms with Crippen LogP contribution in [0.2, 0.25) is 0 Å². The van der Waals surface area contributed by atoms with Crippen LogP contribution in [0, 0.1) is 21.4 Å². The van der Waals surface area contributed by atoms with Gasteiger partial charge in [0.2, 0.25) is 0 Å². The highest BCUT2D eigenvalue weighted by molar-refractivity contribution is 8.13. The van der Waals surface area contributed by atoms with E-state index >= 15 is 0 Å². The first kappa shape index (κ1) is 13.4. The van der Waals surface area contributed by atoms with Gasteiger partial charge in [0.1, 0.15) is 11.0 Å². The van der Waals surface area contributed by atoms with Crippen molar-refractivity contribution >= 4 is 25.4 Å². The Morgan fingerprint density at radius 3 is 2.47 bits per heavy atom. The van der Waals surface area contributed by atoms with Gasteiger partial charge in [0.05, 0.1) is 10.5 Å². The minimum absolute atomic E-state index is 0.0654. The van der Waals surface area contributed by atoms with Gasteiger partial charge in [-0.1, -0.05) is 0 Å². The maximum Gasteiger partial charge on any atom is 0.275 e. The highest BCUT2D eigenvalue weighted by Crippen LogP contribution is 2.28. The normalized spacial score (nSPS) is 10.9. The van der Waals surface area contributed by atoms with Crippen molar-refractivity contribution in [3.8, 4) is 6.07 Å².